The first-order chi connectivity index (χ1) is 16.3. The van der Waals surface area contributed by atoms with Crippen molar-refractivity contribution in [2.45, 2.75) is 18.9 Å². The van der Waals surface area contributed by atoms with Gasteiger partial charge in [0.2, 0.25) is 5.75 Å². The summed E-state index contributed by atoms with van der Waals surface area (Å²) in [6.07, 6.45) is 0.452. The molecular formula is C23H19N3O7S. The maximum Gasteiger partial charge on any atom is 0.511 e. The number of fused-ring (bicyclic) bond motifs is 2. The van der Waals surface area contributed by atoms with Crippen LogP contribution in [0.25, 0.3) is 15.9 Å². The number of carbonyl (C=O) groups is 1. The number of aromatic nitrogens is 3. The molecule has 0 fully saturated rings. The van der Waals surface area contributed by atoms with E-state index in [0.29, 0.717) is 34.5 Å². The minimum atomic E-state index is -1.67. The monoisotopic (exact) mass is 481 g/mol. The van der Waals surface area contributed by atoms with Gasteiger partial charge >= 0.3 is 16.7 Å². The summed E-state index contributed by atoms with van der Waals surface area (Å²) in [6.45, 7) is 0. The van der Waals surface area contributed by atoms with Crippen molar-refractivity contribution in [3.63, 3.8) is 0 Å². The Balaban J connectivity index is 1.75. The van der Waals surface area contributed by atoms with Crippen LogP contribution in [0.3, 0.4) is 0 Å². The van der Waals surface area contributed by atoms with Crippen molar-refractivity contribution in [2.75, 3.05) is 7.11 Å². The molecule has 1 unspecified atom stereocenters. The molecule has 2 aromatic heterocycles. The van der Waals surface area contributed by atoms with Gasteiger partial charge in [-0.15, -0.1) is 0 Å². The summed E-state index contributed by atoms with van der Waals surface area (Å²) >= 11 is 1.02. The van der Waals surface area contributed by atoms with Gasteiger partial charge in [-0.05, 0) is 48.2 Å². The molecule has 174 valence electrons. The molecule has 0 saturated heterocycles. The lowest BCUT2D eigenvalue weighted by Crippen LogP contribution is -2.42. The fourth-order valence-corrected chi connectivity index (χ4v) is 5.42. The van der Waals surface area contributed by atoms with Crippen LogP contribution in [0.4, 0.5) is 4.79 Å². The molecule has 1 aliphatic rings. The molecule has 34 heavy (non-hydrogen) atoms. The first kappa shape index (κ1) is 21.7. The number of thiazole rings is 1. The fraction of sp³-hybridized carbons (Fsp3) is 0.217. The topological polar surface area (TPSA) is 122 Å². The molecule has 10 nitrogen and oxygen atoms in total. The molecule has 11 heteroatoms. The van der Waals surface area contributed by atoms with Crippen molar-refractivity contribution >= 4 is 27.7 Å². The van der Waals surface area contributed by atoms with Crippen LogP contribution in [-0.4, -0.2) is 32.1 Å². The van der Waals surface area contributed by atoms with Gasteiger partial charge < -0.3 is 19.1 Å². The van der Waals surface area contributed by atoms with Gasteiger partial charge in [-0.3, -0.25) is 14.2 Å². The number of methoxy groups -OCH3 is 1. The second kappa shape index (κ2) is 8.03. The molecule has 0 amide bonds. The molecule has 4 aromatic rings. The summed E-state index contributed by atoms with van der Waals surface area (Å²) in [5.41, 5.74) is 1.23. The number of nitrogens with zero attached hydrogens (tertiary/aromatic N) is 3. The Morgan fingerprint density at radius 2 is 1.94 bits per heavy atom. The molecule has 0 spiro atoms. The van der Waals surface area contributed by atoms with Gasteiger partial charge in [-0.25, -0.2) is 14.2 Å². The Labute approximate surface area is 195 Å². The lowest BCUT2D eigenvalue weighted by Gasteiger charge is -2.18. The molecule has 0 bridgehead atoms. The summed E-state index contributed by atoms with van der Waals surface area (Å²) in [4.78, 5) is 50.0. The zero-order valence-corrected chi connectivity index (χ0v) is 19.0. The molecule has 2 aromatic carbocycles. The van der Waals surface area contributed by atoms with Gasteiger partial charge in [0.15, 0.2) is 0 Å². The van der Waals surface area contributed by atoms with Crippen molar-refractivity contribution in [3.05, 3.63) is 84.2 Å². The first-order valence-electron chi connectivity index (χ1n) is 10.3. The van der Waals surface area contributed by atoms with E-state index in [2.05, 4.69) is 0 Å². The van der Waals surface area contributed by atoms with Crippen LogP contribution in [0.15, 0.2) is 57.0 Å². The molecule has 1 atom stereocenters. The van der Waals surface area contributed by atoms with E-state index in [1.54, 1.807) is 38.4 Å². The second-order valence-electron chi connectivity index (χ2n) is 7.85. The summed E-state index contributed by atoms with van der Waals surface area (Å²) in [6, 6.07) is 9.76. The lowest BCUT2D eigenvalue weighted by atomic mass is 10.1. The number of benzene rings is 2. The third-order valence-corrected chi connectivity index (χ3v) is 7.06. The van der Waals surface area contributed by atoms with E-state index in [9.17, 15) is 19.2 Å². The predicted octanol–water partition coefficient (Wildman–Crippen LogP) is 2.51. The van der Waals surface area contributed by atoms with E-state index in [1.165, 1.54) is 9.13 Å². The summed E-state index contributed by atoms with van der Waals surface area (Å²) in [5.74, 6) is 0.167. The van der Waals surface area contributed by atoms with Gasteiger partial charge in [0.05, 0.1) is 35.3 Å². The van der Waals surface area contributed by atoms with E-state index in [0.717, 1.165) is 33.2 Å². The van der Waals surface area contributed by atoms with Crippen LogP contribution in [-0.2, 0) is 13.5 Å². The van der Waals surface area contributed by atoms with Crippen LogP contribution >= 0.6 is 11.3 Å². The highest BCUT2D eigenvalue weighted by atomic mass is 32.1. The van der Waals surface area contributed by atoms with E-state index >= 15 is 0 Å². The fourth-order valence-electron chi connectivity index (χ4n) is 4.50. The van der Waals surface area contributed by atoms with Gasteiger partial charge in [0, 0.05) is 7.05 Å². The summed E-state index contributed by atoms with van der Waals surface area (Å²) in [7, 11) is 3.20. The maximum atomic E-state index is 13.6. The van der Waals surface area contributed by atoms with Crippen molar-refractivity contribution in [2.24, 2.45) is 7.05 Å². The predicted molar refractivity (Wildman–Crippen MR) is 125 cm³/mol. The maximum absolute atomic E-state index is 13.6. The molecule has 1 N–H and O–H groups in total. The normalized spacial score (nSPS) is 14.8. The van der Waals surface area contributed by atoms with Crippen molar-refractivity contribution < 1.29 is 19.4 Å². The van der Waals surface area contributed by atoms with Crippen molar-refractivity contribution in [1.29, 1.82) is 0 Å². The molecule has 2 heterocycles. The summed E-state index contributed by atoms with van der Waals surface area (Å²) in [5, 5.41) is 9.17. The largest absolute Gasteiger partial charge is 0.511 e. The molecule has 0 radical (unpaired) electrons. The minimum absolute atomic E-state index is 0.157. The van der Waals surface area contributed by atoms with Gasteiger partial charge in [-0.2, -0.15) is 0 Å². The third-order valence-electron chi connectivity index (χ3n) is 6.07. The van der Waals surface area contributed by atoms with Crippen LogP contribution in [0.1, 0.15) is 23.6 Å². The van der Waals surface area contributed by atoms with Crippen molar-refractivity contribution in [3.8, 4) is 17.2 Å². The number of rotatable bonds is 4. The summed E-state index contributed by atoms with van der Waals surface area (Å²) < 4.78 is 14.5. The van der Waals surface area contributed by atoms with E-state index in [1.807, 2.05) is 12.1 Å². The Hall–Kier alpha value is -4.12. The zero-order chi connectivity index (χ0) is 24.1. The Morgan fingerprint density at radius 1 is 1.15 bits per heavy atom. The quantitative estimate of drug-likeness (QED) is 0.445. The van der Waals surface area contributed by atoms with E-state index in [4.69, 9.17) is 14.6 Å². The zero-order valence-electron chi connectivity index (χ0n) is 18.2. The minimum Gasteiger partial charge on any atom is -0.496 e. The number of carboxylic acid groups (broad SMARTS) is 1. The molecule has 0 saturated carbocycles. The lowest BCUT2D eigenvalue weighted by molar-refractivity contribution is 0.143. The van der Waals surface area contributed by atoms with E-state index in [-0.39, 0.29) is 4.87 Å². The third kappa shape index (κ3) is 3.32. The van der Waals surface area contributed by atoms with Crippen LogP contribution < -0.4 is 25.6 Å². The molecule has 5 rings (SSSR count). The Kier molecular flexibility index (Phi) is 5.13. The van der Waals surface area contributed by atoms with Gasteiger partial charge in [0.25, 0.3) is 5.56 Å². The van der Waals surface area contributed by atoms with Crippen LogP contribution in [0.5, 0.6) is 11.5 Å². The smallest absolute Gasteiger partial charge is 0.496 e. The number of aryl methyl sites for hydroxylation is 1. The number of ether oxygens (including phenoxy) is 2. The first-order valence-corrected chi connectivity index (χ1v) is 11.2. The van der Waals surface area contributed by atoms with Crippen LogP contribution in [0, 0.1) is 0 Å². The Bertz CT molecular complexity index is 1640. The van der Waals surface area contributed by atoms with Gasteiger partial charge in [0.1, 0.15) is 5.75 Å². The molecular weight excluding hydrogens is 462 g/mol. The standard InChI is InChI=1S/C23H19N3O7S/c1-24-16-8-6-12(10-19(16)34-22(24)29)25-11-18(33-23(30)31)20(27)26(21(25)28)15-9-7-14-13(15)4-3-5-17(14)32-2/h3-6,8,10-11,15H,7,9H2,1-2H3,(H,30,31). The number of hydrogen-bond acceptors (Lipinski definition) is 7. The van der Waals surface area contributed by atoms with Gasteiger partial charge in [-0.1, -0.05) is 23.5 Å². The SMILES string of the molecule is COc1cccc2c1CCC2n1c(=O)c(OC(=O)O)cn(-c2ccc3c(c2)sc(=O)n3C)c1=O. The highest BCUT2D eigenvalue weighted by Gasteiger charge is 2.31. The average Bonchev–Trinajstić information content (AvgIpc) is 3.36. The average molecular weight is 481 g/mol. The highest BCUT2D eigenvalue weighted by molar-refractivity contribution is 7.16. The van der Waals surface area contributed by atoms with Crippen molar-refractivity contribution in [1.82, 2.24) is 13.7 Å². The Morgan fingerprint density at radius 3 is 2.68 bits per heavy atom. The second-order valence-corrected chi connectivity index (χ2v) is 8.84. The number of hydrogen-bond donors (Lipinski definition) is 1. The molecule has 1 aliphatic carbocycles. The molecule has 0 aliphatic heterocycles. The van der Waals surface area contributed by atoms with Crippen LogP contribution in [0.2, 0.25) is 0 Å². The highest BCUT2D eigenvalue weighted by Crippen LogP contribution is 2.38. The van der Waals surface area contributed by atoms with E-state index < -0.39 is 29.2 Å².